The van der Waals surface area contributed by atoms with Crippen LogP contribution >= 0.6 is 0 Å². The van der Waals surface area contributed by atoms with E-state index < -0.39 is 0 Å². The Kier molecular flexibility index (Phi) is 8.65. The number of carbonyl (C=O) groups excluding carboxylic acids is 2. The molecule has 0 saturated carbocycles. The summed E-state index contributed by atoms with van der Waals surface area (Å²) in [5, 5.41) is 8.77. The van der Waals surface area contributed by atoms with Crippen molar-refractivity contribution in [2.24, 2.45) is 0 Å². The molecule has 0 saturated heterocycles. The van der Waals surface area contributed by atoms with Gasteiger partial charge >= 0.3 is 0 Å². The van der Waals surface area contributed by atoms with Gasteiger partial charge < -0.3 is 25.4 Å². The Morgan fingerprint density at radius 1 is 0.844 bits per heavy atom. The van der Waals surface area contributed by atoms with Gasteiger partial charge in [-0.05, 0) is 42.0 Å². The van der Waals surface area contributed by atoms with Crippen LogP contribution in [0.3, 0.4) is 0 Å². The second-order valence-corrected chi connectivity index (χ2v) is 7.02. The highest BCUT2D eigenvalue weighted by Crippen LogP contribution is 2.17. The van der Waals surface area contributed by atoms with E-state index in [0.29, 0.717) is 36.8 Å². The molecule has 0 heterocycles. The number of benzene rings is 3. The van der Waals surface area contributed by atoms with Crippen LogP contribution in [0.15, 0.2) is 78.9 Å². The minimum absolute atomic E-state index is 0.0916. The lowest BCUT2D eigenvalue weighted by atomic mass is 10.1. The van der Waals surface area contributed by atoms with E-state index in [0.717, 1.165) is 11.3 Å². The monoisotopic (exact) mass is 433 g/mol. The normalized spacial score (nSPS) is 10.3. The first-order valence-electron chi connectivity index (χ1n) is 10.3. The van der Waals surface area contributed by atoms with Crippen molar-refractivity contribution in [1.29, 1.82) is 0 Å². The number of nitrogens with one attached hydrogen (secondary N) is 3. The van der Waals surface area contributed by atoms with Gasteiger partial charge in [-0.3, -0.25) is 9.59 Å². The third-order valence-electron chi connectivity index (χ3n) is 4.57. The van der Waals surface area contributed by atoms with E-state index in [-0.39, 0.29) is 18.4 Å². The van der Waals surface area contributed by atoms with Gasteiger partial charge in [0.15, 0.2) is 0 Å². The minimum Gasteiger partial charge on any atom is -0.491 e. The molecule has 0 radical (unpaired) electrons. The lowest BCUT2D eigenvalue weighted by molar-refractivity contribution is -0.114. The fraction of sp³-hybridized carbons (Fsp3) is 0.200. The highest BCUT2D eigenvalue weighted by Gasteiger charge is 2.07. The molecule has 0 aliphatic heterocycles. The summed E-state index contributed by atoms with van der Waals surface area (Å²) in [6.07, 6.45) is 0. The Labute approximate surface area is 187 Å². The first kappa shape index (κ1) is 22.8. The third kappa shape index (κ3) is 7.45. The fourth-order valence-corrected chi connectivity index (χ4v) is 2.91. The summed E-state index contributed by atoms with van der Waals surface area (Å²) >= 11 is 0. The number of amides is 2. The van der Waals surface area contributed by atoms with Crippen molar-refractivity contribution in [3.63, 3.8) is 0 Å². The Morgan fingerprint density at radius 2 is 1.62 bits per heavy atom. The van der Waals surface area contributed by atoms with Crippen LogP contribution in [-0.2, 0) is 16.1 Å². The van der Waals surface area contributed by atoms with Crippen LogP contribution in [0.2, 0.25) is 0 Å². The number of methoxy groups -OCH3 is 1. The molecule has 7 nitrogen and oxygen atoms in total. The summed E-state index contributed by atoms with van der Waals surface area (Å²) in [7, 11) is 1.61. The Balaban J connectivity index is 1.44. The zero-order valence-corrected chi connectivity index (χ0v) is 18.0. The number of rotatable bonds is 11. The van der Waals surface area contributed by atoms with E-state index in [1.54, 1.807) is 43.5 Å². The molecule has 166 valence electrons. The quantitative estimate of drug-likeness (QED) is 0.402. The number of hydrogen-bond acceptors (Lipinski definition) is 5. The highest BCUT2D eigenvalue weighted by atomic mass is 16.5. The maximum absolute atomic E-state index is 12.3. The van der Waals surface area contributed by atoms with Crippen molar-refractivity contribution >= 4 is 23.2 Å². The van der Waals surface area contributed by atoms with E-state index in [9.17, 15) is 9.59 Å². The molecule has 0 unspecified atom stereocenters. The third-order valence-corrected chi connectivity index (χ3v) is 4.57. The summed E-state index contributed by atoms with van der Waals surface area (Å²) in [6.45, 7) is 1.50. The first-order valence-corrected chi connectivity index (χ1v) is 10.3. The molecule has 3 aromatic carbocycles. The zero-order chi connectivity index (χ0) is 22.6. The van der Waals surface area contributed by atoms with Crippen molar-refractivity contribution in [1.82, 2.24) is 5.32 Å². The molecule has 0 aliphatic carbocycles. The van der Waals surface area contributed by atoms with Crippen LogP contribution in [0.4, 0.5) is 11.4 Å². The maximum atomic E-state index is 12.3. The minimum atomic E-state index is -0.191. The van der Waals surface area contributed by atoms with Gasteiger partial charge in [0.25, 0.3) is 5.91 Å². The Morgan fingerprint density at radius 3 is 2.38 bits per heavy atom. The van der Waals surface area contributed by atoms with E-state index in [2.05, 4.69) is 16.0 Å². The highest BCUT2D eigenvalue weighted by molar-refractivity contribution is 5.95. The Hall–Kier alpha value is -3.84. The molecule has 3 rings (SSSR count). The number of hydrogen-bond donors (Lipinski definition) is 3. The van der Waals surface area contributed by atoms with Gasteiger partial charge in [0.2, 0.25) is 5.91 Å². The average molecular weight is 434 g/mol. The Bertz CT molecular complexity index is 1010. The molecule has 0 spiro atoms. The van der Waals surface area contributed by atoms with Crippen LogP contribution in [0, 0.1) is 0 Å². The summed E-state index contributed by atoms with van der Waals surface area (Å²) in [5.74, 6) is 0.323. The first-order chi connectivity index (χ1) is 15.6. The molecular formula is C25H27N3O4. The van der Waals surface area contributed by atoms with Gasteiger partial charge in [-0.25, -0.2) is 0 Å². The zero-order valence-electron chi connectivity index (χ0n) is 18.0. The molecule has 32 heavy (non-hydrogen) atoms. The van der Waals surface area contributed by atoms with E-state index in [1.165, 1.54) is 0 Å². The second-order valence-electron chi connectivity index (χ2n) is 7.02. The van der Waals surface area contributed by atoms with Gasteiger partial charge in [0.05, 0.1) is 13.2 Å². The number of ether oxygens (including phenoxy) is 2. The molecule has 0 aromatic heterocycles. The van der Waals surface area contributed by atoms with E-state index in [1.807, 2.05) is 42.5 Å². The van der Waals surface area contributed by atoms with Crippen molar-refractivity contribution < 1.29 is 19.1 Å². The van der Waals surface area contributed by atoms with Crippen LogP contribution in [0.25, 0.3) is 0 Å². The summed E-state index contributed by atoms with van der Waals surface area (Å²) in [6, 6.07) is 23.9. The van der Waals surface area contributed by atoms with Gasteiger partial charge in [-0.1, -0.05) is 36.4 Å². The second kappa shape index (κ2) is 12.1. The van der Waals surface area contributed by atoms with E-state index >= 15 is 0 Å². The number of anilines is 2. The molecule has 0 bridgehead atoms. The predicted molar refractivity (Wildman–Crippen MR) is 125 cm³/mol. The van der Waals surface area contributed by atoms with Crippen LogP contribution in [-0.4, -0.2) is 38.7 Å². The van der Waals surface area contributed by atoms with Gasteiger partial charge in [0.1, 0.15) is 12.4 Å². The predicted octanol–water partition coefficient (Wildman–Crippen LogP) is 3.69. The standard InChI is InChI=1S/C25H27N3O4/c1-31-14-15-32-23-9-5-8-22(16-23)28-24(29)18-26-21-12-10-20(11-13-21)25(30)27-17-19-6-3-2-4-7-19/h2-13,16,26H,14-15,17-18H2,1H3,(H,27,30)(H,28,29). The average Bonchev–Trinajstić information content (AvgIpc) is 2.83. The molecule has 0 atom stereocenters. The van der Waals surface area contributed by atoms with Crippen LogP contribution in [0.5, 0.6) is 5.75 Å². The summed E-state index contributed by atoms with van der Waals surface area (Å²) in [5.41, 5.74) is 2.99. The summed E-state index contributed by atoms with van der Waals surface area (Å²) < 4.78 is 10.5. The fourth-order valence-electron chi connectivity index (χ4n) is 2.91. The molecule has 3 aromatic rings. The molecular weight excluding hydrogens is 406 g/mol. The molecule has 0 fully saturated rings. The van der Waals surface area contributed by atoms with Crippen molar-refractivity contribution in [2.45, 2.75) is 6.54 Å². The molecule has 0 aliphatic rings. The van der Waals surface area contributed by atoms with Crippen molar-refractivity contribution in [2.75, 3.05) is 37.5 Å². The van der Waals surface area contributed by atoms with Gasteiger partial charge in [-0.15, -0.1) is 0 Å². The van der Waals surface area contributed by atoms with E-state index in [4.69, 9.17) is 9.47 Å². The van der Waals surface area contributed by atoms with Gasteiger partial charge in [0, 0.05) is 36.7 Å². The lowest BCUT2D eigenvalue weighted by Gasteiger charge is -2.10. The lowest BCUT2D eigenvalue weighted by Crippen LogP contribution is -2.23. The van der Waals surface area contributed by atoms with Gasteiger partial charge in [-0.2, -0.15) is 0 Å². The molecule has 3 N–H and O–H groups in total. The summed E-state index contributed by atoms with van der Waals surface area (Å²) in [4.78, 5) is 24.6. The maximum Gasteiger partial charge on any atom is 0.251 e. The molecule has 7 heteroatoms. The van der Waals surface area contributed by atoms with Crippen LogP contribution in [0.1, 0.15) is 15.9 Å². The largest absolute Gasteiger partial charge is 0.491 e. The topological polar surface area (TPSA) is 88.7 Å². The smallest absolute Gasteiger partial charge is 0.251 e. The SMILES string of the molecule is COCCOc1cccc(NC(=O)CNc2ccc(C(=O)NCc3ccccc3)cc2)c1. The van der Waals surface area contributed by atoms with Crippen molar-refractivity contribution in [3.05, 3.63) is 90.0 Å². The number of carbonyl (C=O) groups is 2. The van der Waals surface area contributed by atoms with Crippen LogP contribution < -0.4 is 20.7 Å². The van der Waals surface area contributed by atoms with Crippen molar-refractivity contribution in [3.8, 4) is 5.75 Å². The molecule has 2 amide bonds.